The second-order valence-corrected chi connectivity index (χ2v) is 7.51. The van der Waals surface area contributed by atoms with E-state index >= 15 is 0 Å². The molecule has 0 aliphatic carbocycles. The zero-order chi connectivity index (χ0) is 18.7. The maximum absolute atomic E-state index is 12.8. The molecule has 6 N–H and O–H groups in total. The normalized spacial score (nSPS) is 12.7. The second-order valence-electron chi connectivity index (χ2n) is 5.68. The number of aliphatic carboxylic acids is 1. The number of sulfonamides is 1. The molecule has 1 rings (SSSR count). The molecule has 9 heteroatoms. The largest absolute Gasteiger partial charge is 0.480 e. The van der Waals surface area contributed by atoms with E-state index in [9.17, 15) is 13.2 Å². The van der Waals surface area contributed by atoms with Crippen molar-refractivity contribution in [3.63, 3.8) is 0 Å². The highest BCUT2D eigenvalue weighted by Crippen LogP contribution is 2.24. The third-order valence-electron chi connectivity index (χ3n) is 4.04. The summed E-state index contributed by atoms with van der Waals surface area (Å²) >= 11 is 0. The summed E-state index contributed by atoms with van der Waals surface area (Å²) in [5, 5.41) is 16.3. The first-order valence-electron chi connectivity index (χ1n) is 7.42. The van der Waals surface area contributed by atoms with Crippen molar-refractivity contribution in [1.82, 2.24) is 4.31 Å². The number of benzene rings is 1. The second kappa shape index (κ2) is 7.63. The molecular weight excluding hydrogens is 332 g/mol. The lowest BCUT2D eigenvalue weighted by atomic mass is 10.1. The first kappa shape index (κ1) is 19.9. The minimum Gasteiger partial charge on any atom is -0.480 e. The Labute approximate surface area is 142 Å². The van der Waals surface area contributed by atoms with Gasteiger partial charge in [0.1, 0.15) is 6.04 Å². The maximum Gasteiger partial charge on any atom is 0.320 e. The Morgan fingerprint density at radius 2 is 1.88 bits per heavy atom. The van der Waals surface area contributed by atoms with E-state index in [1.165, 1.54) is 6.07 Å². The van der Waals surface area contributed by atoms with Gasteiger partial charge in [-0.05, 0) is 56.4 Å². The molecule has 24 heavy (non-hydrogen) atoms. The Balaban J connectivity index is 3.09. The first-order valence-corrected chi connectivity index (χ1v) is 8.86. The number of nitrogens with zero attached hydrogens (tertiary/aromatic N) is 1. The predicted octanol–water partition coefficient (Wildman–Crippen LogP) is 0.688. The molecule has 0 bridgehead atoms. The van der Waals surface area contributed by atoms with E-state index in [-0.39, 0.29) is 24.3 Å². The molecular formula is C15H24N4O4S. The molecule has 0 spiro atoms. The number of carboxylic acids is 1. The molecule has 8 nitrogen and oxygen atoms in total. The summed E-state index contributed by atoms with van der Waals surface area (Å²) in [6, 6.07) is 2.12. The topological polar surface area (TPSA) is 151 Å². The summed E-state index contributed by atoms with van der Waals surface area (Å²) in [4.78, 5) is 10.8. The fraction of sp³-hybridized carbons (Fsp3) is 0.467. The van der Waals surface area contributed by atoms with Gasteiger partial charge in [-0.1, -0.05) is 6.07 Å². The molecule has 0 fully saturated rings. The van der Waals surface area contributed by atoms with Gasteiger partial charge in [0.15, 0.2) is 0 Å². The van der Waals surface area contributed by atoms with Crippen molar-refractivity contribution < 1.29 is 18.3 Å². The Kier molecular flexibility index (Phi) is 6.33. The molecule has 0 aliphatic heterocycles. The van der Waals surface area contributed by atoms with E-state index in [0.29, 0.717) is 5.56 Å². The molecule has 0 saturated carbocycles. The van der Waals surface area contributed by atoms with E-state index in [1.54, 1.807) is 13.0 Å². The molecule has 0 unspecified atom stereocenters. The van der Waals surface area contributed by atoms with Gasteiger partial charge in [-0.15, -0.1) is 0 Å². The van der Waals surface area contributed by atoms with Crippen LogP contribution in [0.2, 0.25) is 0 Å². The van der Waals surface area contributed by atoms with Crippen LogP contribution >= 0.6 is 0 Å². The zero-order valence-corrected chi connectivity index (χ0v) is 14.9. The van der Waals surface area contributed by atoms with Crippen molar-refractivity contribution in [2.24, 2.45) is 11.5 Å². The third-order valence-corrected chi connectivity index (χ3v) is 6.00. The highest BCUT2D eigenvalue weighted by atomic mass is 32.2. The Morgan fingerprint density at radius 3 is 2.38 bits per heavy atom. The number of hydrogen-bond donors (Lipinski definition) is 4. The molecule has 1 atom stereocenters. The van der Waals surface area contributed by atoms with Gasteiger partial charge in [0.25, 0.3) is 10.0 Å². The summed E-state index contributed by atoms with van der Waals surface area (Å²) in [6.07, 6.45) is 0.261. The fourth-order valence-electron chi connectivity index (χ4n) is 2.28. The molecule has 0 heterocycles. The van der Waals surface area contributed by atoms with E-state index in [0.717, 1.165) is 15.4 Å². The number of rotatable bonds is 7. The molecule has 0 saturated heterocycles. The van der Waals surface area contributed by atoms with Crippen molar-refractivity contribution in [2.45, 2.75) is 44.6 Å². The first-order chi connectivity index (χ1) is 11.0. The average molecular weight is 356 g/mol. The van der Waals surface area contributed by atoms with Crippen molar-refractivity contribution >= 4 is 22.0 Å². The van der Waals surface area contributed by atoms with E-state index in [4.69, 9.17) is 22.0 Å². The van der Waals surface area contributed by atoms with Crippen LogP contribution in [0, 0.1) is 26.2 Å². The van der Waals surface area contributed by atoms with Crippen molar-refractivity contribution in [1.29, 1.82) is 5.41 Å². The van der Waals surface area contributed by atoms with Gasteiger partial charge in [-0.3, -0.25) is 10.2 Å². The van der Waals surface area contributed by atoms with Gasteiger partial charge in [0.05, 0.1) is 4.90 Å². The summed E-state index contributed by atoms with van der Waals surface area (Å²) in [5.41, 5.74) is 13.3. The van der Waals surface area contributed by atoms with Crippen LogP contribution in [0.25, 0.3) is 0 Å². The Morgan fingerprint density at radius 1 is 1.29 bits per heavy atom. The van der Waals surface area contributed by atoms with Crippen LogP contribution in [0.3, 0.4) is 0 Å². The molecule has 0 radical (unpaired) electrons. The quantitative estimate of drug-likeness (QED) is 0.417. The third kappa shape index (κ3) is 4.24. The lowest BCUT2D eigenvalue weighted by molar-refractivity contribution is -0.138. The van der Waals surface area contributed by atoms with Crippen LogP contribution in [0.5, 0.6) is 0 Å². The van der Waals surface area contributed by atoms with Crippen LogP contribution < -0.4 is 11.5 Å². The van der Waals surface area contributed by atoms with Crippen LogP contribution in [-0.2, 0) is 14.8 Å². The highest BCUT2D eigenvalue weighted by Gasteiger charge is 2.28. The van der Waals surface area contributed by atoms with Crippen molar-refractivity contribution in [3.05, 3.63) is 28.8 Å². The Bertz CT molecular complexity index is 746. The maximum atomic E-state index is 12.8. The van der Waals surface area contributed by atoms with Gasteiger partial charge in [0.2, 0.25) is 5.96 Å². The molecule has 1 aromatic carbocycles. The number of carbonyl (C=O) groups is 1. The van der Waals surface area contributed by atoms with Crippen LogP contribution in [0.1, 0.15) is 29.5 Å². The molecule has 0 amide bonds. The zero-order valence-electron chi connectivity index (χ0n) is 14.0. The highest BCUT2D eigenvalue weighted by molar-refractivity contribution is 7.89. The smallest absolute Gasteiger partial charge is 0.320 e. The van der Waals surface area contributed by atoms with Gasteiger partial charge in [-0.2, -0.15) is 0 Å². The number of nitrogens with two attached hydrogens (primary N) is 2. The lowest BCUT2D eigenvalue weighted by Crippen LogP contribution is -2.42. The summed E-state index contributed by atoms with van der Waals surface area (Å²) in [5.74, 6) is -1.77. The number of aryl methyl sites for hydroxylation is 1. The Hall–Kier alpha value is -2.13. The van der Waals surface area contributed by atoms with Gasteiger partial charge < -0.3 is 16.6 Å². The lowest BCUT2D eigenvalue weighted by Gasteiger charge is -2.24. The average Bonchev–Trinajstić information content (AvgIpc) is 2.47. The molecule has 134 valence electrons. The molecule has 0 aromatic heterocycles. The van der Waals surface area contributed by atoms with Crippen LogP contribution in [0.15, 0.2) is 17.0 Å². The number of carboxylic acid groups (broad SMARTS) is 1. The summed E-state index contributed by atoms with van der Waals surface area (Å²) in [7, 11) is -3.99. The van der Waals surface area contributed by atoms with Gasteiger partial charge in [-0.25, -0.2) is 12.7 Å². The van der Waals surface area contributed by atoms with Gasteiger partial charge in [0, 0.05) is 6.54 Å². The van der Waals surface area contributed by atoms with E-state index in [1.807, 2.05) is 13.8 Å². The van der Waals surface area contributed by atoms with Crippen LogP contribution in [-0.4, -0.2) is 42.3 Å². The summed E-state index contributed by atoms with van der Waals surface area (Å²) < 4.78 is 26.4. The fourth-order valence-corrected chi connectivity index (χ4v) is 3.92. The minimum absolute atomic E-state index is 0.0839. The van der Waals surface area contributed by atoms with Crippen molar-refractivity contribution in [3.8, 4) is 0 Å². The number of hydrogen-bond acceptors (Lipinski definition) is 5. The summed E-state index contributed by atoms with van der Waals surface area (Å²) in [6.45, 7) is 5.31. The van der Waals surface area contributed by atoms with Crippen molar-refractivity contribution in [2.75, 3.05) is 6.54 Å². The minimum atomic E-state index is -3.99. The van der Waals surface area contributed by atoms with Crippen LogP contribution in [0.4, 0.5) is 0 Å². The number of guanidine groups is 1. The van der Waals surface area contributed by atoms with E-state index < -0.39 is 28.0 Å². The standard InChI is InChI=1S/C15H24N4O4S/c1-9-6-7-13(11(3)10(9)2)24(22,23)19(15(17)18)8-4-5-12(16)14(20)21/h6-7,12H,4-5,8,16H2,1-3H3,(H3,17,18)(H,20,21)/t12-/m0/s1. The molecule has 1 aromatic rings. The molecule has 0 aliphatic rings. The number of nitrogens with one attached hydrogen (secondary N) is 1. The predicted molar refractivity (Wildman–Crippen MR) is 91.3 cm³/mol. The monoisotopic (exact) mass is 356 g/mol. The SMILES string of the molecule is Cc1ccc(S(=O)(=O)N(CCC[C@H](N)C(=O)O)C(=N)N)c(C)c1C. The van der Waals surface area contributed by atoms with Gasteiger partial charge >= 0.3 is 5.97 Å². The van der Waals surface area contributed by atoms with E-state index in [2.05, 4.69) is 0 Å².